The third kappa shape index (κ3) is 3.33. The first-order valence-electron chi connectivity index (χ1n) is 6.18. The number of rotatable bonds is 1. The molecule has 1 saturated heterocycles. The summed E-state index contributed by atoms with van der Waals surface area (Å²) in [6, 6.07) is 10.2. The second kappa shape index (κ2) is 5.35. The lowest BCUT2D eigenvalue weighted by molar-refractivity contribution is 0.107. The van der Waals surface area contributed by atoms with Gasteiger partial charge in [-0.25, -0.2) is 0 Å². The first-order chi connectivity index (χ1) is 8.18. The van der Waals surface area contributed by atoms with Crippen molar-refractivity contribution in [1.29, 1.82) is 0 Å². The predicted molar refractivity (Wildman–Crippen MR) is 71.8 cm³/mol. The molecule has 0 aliphatic carbocycles. The molecule has 0 radical (unpaired) electrons. The summed E-state index contributed by atoms with van der Waals surface area (Å²) in [6.45, 7) is 8.57. The summed E-state index contributed by atoms with van der Waals surface area (Å²) in [5.74, 6) is 6.49. The quantitative estimate of drug-likeness (QED) is 0.736. The van der Waals surface area contributed by atoms with E-state index in [1.807, 2.05) is 18.2 Å². The molecule has 17 heavy (non-hydrogen) atoms. The third-order valence-electron chi connectivity index (χ3n) is 3.25. The maximum absolute atomic E-state index is 3.42. The minimum Gasteiger partial charge on any atom is -0.314 e. The lowest BCUT2D eigenvalue weighted by Crippen LogP contribution is -2.57. The van der Waals surface area contributed by atoms with Gasteiger partial charge >= 0.3 is 0 Å². The molecule has 2 heteroatoms. The van der Waals surface area contributed by atoms with E-state index in [1.54, 1.807) is 0 Å². The summed E-state index contributed by atoms with van der Waals surface area (Å²) in [5, 5.41) is 3.42. The van der Waals surface area contributed by atoms with E-state index in [1.165, 1.54) is 0 Å². The van der Waals surface area contributed by atoms with Gasteiger partial charge in [-0.2, -0.15) is 0 Å². The summed E-state index contributed by atoms with van der Waals surface area (Å²) in [4.78, 5) is 2.44. The third-order valence-corrected chi connectivity index (χ3v) is 3.25. The van der Waals surface area contributed by atoms with E-state index < -0.39 is 0 Å². The van der Waals surface area contributed by atoms with Crippen molar-refractivity contribution in [3.63, 3.8) is 0 Å². The molecule has 0 saturated carbocycles. The fraction of sp³-hybridized carbons (Fsp3) is 0.467. The van der Waals surface area contributed by atoms with E-state index in [4.69, 9.17) is 0 Å². The van der Waals surface area contributed by atoms with Crippen molar-refractivity contribution in [2.45, 2.75) is 19.4 Å². The van der Waals surface area contributed by atoms with Gasteiger partial charge in [0.25, 0.3) is 0 Å². The summed E-state index contributed by atoms with van der Waals surface area (Å²) in [6.07, 6.45) is 0. The molecule has 0 spiro atoms. The molecular weight excluding hydrogens is 208 g/mol. The molecule has 1 aromatic rings. The van der Waals surface area contributed by atoms with E-state index in [2.05, 4.69) is 48.0 Å². The zero-order chi connectivity index (χ0) is 12.1. The first-order valence-corrected chi connectivity index (χ1v) is 6.18. The van der Waals surface area contributed by atoms with Gasteiger partial charge in [0.1, 0.15) is 0 Å². The molecule has 1 aliphatic rings. The lowest BCUT2D eigenvalue weighted by Gasteiger charge is -2.41. The van der Waals surface area contributed by atoms with Crippen LogP contribution in [0.5, 0.6) is 0 Å². The summed E-state index contributed by atoms with van der Waals surface area (Å²) >= 11 is 0. The molecule has 2 rings (SSSR count). The Morgan fingerprint density at radius 1 is 1.29 bits per heavy atom. The van der Waals surface area contributed by atoms with Crippen LogP contribution in [-0.2, 0) is 0 Å². The Morgan fingerprint density at radius 3 is 2.76 bits per heavy atom. The van der Waals surface area contributed by atoms with Crippen LogP contribution >= 0.6 is 0 Å². The summed E-state index contributed by atoms with van der Waals surface area (Å²) in [5.41, 5.74) is 1.31. The van der Waals surface area contributed by atoms with Crippen molar-refractivity contribution in [3.05, 3.63) is 35.9 Å². The number of hydrogen-bond acceptors (Lipinski definition) is 2. The molecule has 0 bridgehead atoms. The fourth-order valence-electron chi connectivity index (χ4n) is 2.07. The number of benzene rings is 1. The molecule has 1 N–H and O–H groups in total. The van der Waals surface area contributed by atoms with Gasteiger partial charge < -0.3 is 5.32 Å². The van der Waals surface area contributed by atoms with Crippen molar-refractivity contribution in [3.8, 4) is 11.8 Å². The van der Waals surface area contributed by atoms with E-state index in [0.717, 1.165) is 31.7 Å². The monoisotopic (exact) mass is 228 g/mol. The van der Waals surface area contributed by atoms with E-state index in [-0.39, 0.29) is 5.54 Å². The summed E-state index contributed by atoms with van der Waals surface area (Å²) < 4.78 is 0. The molecule has 1 aromatic carbocycles. The standard InChI is InChI=1S/C15H20N2/c1-15(2)13-16-10-12-17(15)11-6-9-14-7-4-3-5-8-14/h3-5,7-8,16H,10-13H2,1-2H3. The van der Waals surface area contributed by atoms with Crippen LogP contribution in [0.3, 0.4) is 0 Å². The Bertz CT molecular complexity index is 412. The van der Waals surface area contributed by atoms with Gasteiger partial charge in [-0.1, -0.05) is 30.0 Å². The first kappa shape index (κ1) is 12.2. The Balaban J connectivity index is 1.96. The Hall–Kier alpha value is -1.30. The van der Waals surface area contributed by atoms with Crippen LogP contribution in [0.4, 0.5) is 0 Å². The van der Waals surface area contributed by atoms with Crippen molar-refractivity contribution in [2.24, 2.45) is 0 Å². The molecule has 1 fully saturated rings. The van der Waals surface area contributed by atoms with Gasteiger partial charge in [-0.05, 0) is 26.0 Å². The highest BCUT2D eigenvalue weighted by molar-refractivity contribution is 5.33. The minimum absolute atomic E-state index is 0.212. The second-order valence-corrected chi connectivity index (χ2v) is 5.08. The van der Waals surface area contributed by atoms with Crippen LogP contribution in [0.1, 0.15) is 19.4 Å². The number of hydrogen-bond donors (Lipinski definition) is 1. The van der Waals surface area contributed by atoms with Crippen LogP contribution in [0.25, 0.3) is 0 Å². The zero-order valence-electron chi connectivity index (χ0n) is 10.7. The maximum Gasteiger partial charge on any atom is 0.0610 e. The normalized spacial score (nSPS) is 19.4. The van der Waals surface area contributed by atoms with Crippen LogP contribution in [-0.4, -0.2) is 36.6 Å². The zero-order valence-corrected chi connectivity index (χ0v) is 10.7. The molecule has 0 aromatic heterocycles. The Morgan fingerprint density at radius 2 is 2.06 bits per heavy atom. The maximum atomic E-state index is 3.42. The van der Waals surface area contributed by atoms with Crippen molar-refractivity contribution >= 4 is 0 Å². The van der Waals surface area contributed by atoms with Crippen molar-refractivity contribution in [1.82, 2.24) is 10.2 Å². The molecule has 0 atom stereocenters. The smallest absolute Gasteiger partial charge is 0.0610 e. The molecule has 0 amide bonds. The highest BCUT2D eigenvalue weighted by Gasteiger charge is 2.28. The van der Waals surface area contributed by atoms with Crippen LogP contribution in [0, 0.1) is 11.8 Å². The van der Waals surface area contributed by atoms with Gasteiger partial charge in [0, 0.05) is 30.7 Å². The molecule has 1 aliphatic heterocycles. The van der Waals surface area contributed by atoms with E-state index in [0.29, 0.717) is 0 Å². The van der Waals surface area contributed by atoms with Crippen molar-refractivity contribution < 1.29 is 0 Å². The van der Waals surface area contributed by atoms with Crippen LogP contribution < -0.4 is 5.32 Å². The van der Waals surface area contributed by atoms with Gasteiger partial charge in [0.15, 0.2) is 0 Å². The van der Waals surface area contributed by atoms with Gasteiger partial charge in [0.2, 0.25) is 0 Å². The fourth-order valence-corrected chi connectivity index (χ4v) is 2.07. The topological polar surface area (TPSA) is 15.3 Å². The van der Waals surface area contributed by atoms with Gasteiger partial charge in [0.05, 0.1) is 6.54 Å². The lowest BCUT2D eigenvalue weighted by atomic mass is 10.0. The molecule has 2 nitrogen and oxygen atoms in total. The number of nitrogens with zero attached hydrogens (tertiary/aromatic N) is 1. The highest BCUT2D eigenvalue weighted by atomic mass is 15.2. The predicted octanol–water partition coefficient (Wildman–Crippen LogP) is 1.72. The van der Waals surface area contributed by atoms with Gasteiger partial charge in [-0.3, -0.25) is 4.90 Å². The highest BCUT2D eigenvalue weighted by Crippen LogP contribution is 2.14. The Kier molecular flexibility index (Phi) is 3.83. The van der Waals surface area contributed by atoms with E-state index in [9.17, 15) is 0 Å². The minimum atomic E-state index is 0.212. The average Bonchev–Trinajstić information content (AvgIpc) is 2.32. The SMILES string of the molecule is CC1(C)CNCCN1CC#Cc1ccccc1. The second-order valence-electron chi connectivity index (χ2n) is 5.08. The molecular formula is C15H20N2. The van der Waals surface area contributed by atoms with E-state index >= 15 is 0 Å². The van der Waals surface area contributed by atoms with Crippen LogP contribution in [0.2, 0.25) is 0 Å². The van der Waals surface area contributed by atoms with Gasteiger partial charge in [-0.15, -0.1) is 0 Å². The van der Waals surface area contributed by atoms with Crippen LogP contribution in [0.15, 0.2) is 30.3 Å². The number of nitrogens with one attached hydrogen (secondary N) is 1. The molecule has 90 valence electrons. The molecule has 1 heterocycles. The largest absolute Gasteiger partial charge is 0.314 e. The summed E-state index contributed by atoms with van der Waals surface area (Å²) in [7, 11) is 0. The van der Waals surface area contributed by atoms with Crippen molar-refractivity contribution in [2.75, 3.05) is 26.2 Å². The Labute approximate surface area is 104 Å². The number of piperazine rings is 1. The average molecular weight is 228 g/mol. The molecule has 0 unspecified atom stereocenters.